The molecule has 0 aliphatic carbocycles. The highest BCUT2D eigenvalue weighted by Gasteiger charge is 2.21. The van der Waals surface area contributed by atoms with E-state index in [2.05, 4.69) is 18.7 Å². The molecule has 0 aromatic carbocycles. The largest absolute Gasteiger partial charge is 0.388 e. The minimum atomic E-state index is -0.732. The van der Waals surface area contributed by atoms with Crippen molar-refractivity contribution in [3.63, 3.8) is 0 Å². The third-order valence-corrected chi connectivity index (χ3v) is 2.08. The smallest absolute Gasteiger partial charge is 0.0867 e. The lowest BCUT2D eigenvalue weighted by Crippen LogP contribution is -2.46. The fourth-order valence-electron chi connectivity index (χ4n) is 1.45. The van der Waals surface area contributed by atoms with Crippen molar-refractivity contribution in [3.05, 3.63) is 0 Å². The van der Waals surface area contributed by atoms with Crippen LogP contribution in [0.15, 0.2) is 0 Å². The first-order chi connectivity index (χ1) is 6.05. The Bertz CT molecular complexity index is 120. The number of aliphatic hydroxyl groups is 1. The van der Waals surface area contributed by atoms with Crippen molar-refractivity contribution in [2.45, 2.75) is 39.2 Å². The fraction of sp³-hybridized carbons (Fsp3) is 1.00. The molecule has 0 spiro atoms. The van der Waals surface area contributed by atoms with E-state index < -0.39 is 5.60 Å². The number of rotatable bonds is 7. The van der Waals surface area contributed by atoms with Gasteiger partial charge in [-0.2, -0.15) is 0 Å². The molecule has 0 aliphatic heterocycles. The molecule has 80 valence electrons. The minimum absolute atomic E-state index is 0.330. The molecule has 13 heavy (non-hydrogen) atoms. The molecule has 0 aliphatic rings. The Labute approximate surface area is 81.9 Å². The second-order valence-corrected chi connectivity index (χ2v) is 3.98. The Morgan fingerprint density at radius 3 is 2.00 bits per heavy atom. The van der Waals surface area contributed by atoms with Crippen LogP contribution in [0.1, 0.15) is 33.6 Å². The van der Waals surface area contributed by atoms with Crippen LogP contribution in [0.25, 0.3) is 0 Å². The van der Waals surface area contributed by atoms with Crippen LogP contribution in [0.5, 0.6) is 0 Å². The van der Waals surface area contributed by atoms with Gasteiger partial charge in [-0.15, -0.1) is 0 Å². The molecule has 0 amide bonds. The monoisotopic (exact) mass is 188 g/mol. The quantitative estimate of drug-likeness (QED) is 0.622. The molecule has 3 heteroatoms. The highest BCUT2D eigenvalue weighted by atomic mass is 16.3. The van der Waals surface area contributed by atoms with Gasteiger partial charge in [0, 0.05) is 13.1 Å². The lowest BCUT2D eigenvalue weighted by atomic mass is 10.1. The summed E-state index contributed by atoms with van der Waals surface area (Å²) in [7, 11) is 0. The lowest BCUT2D eigenvalue weighted by Gasteiger charge is -2.30. The second-order valence-electron chi connectivity index (χ2n) is 3.98. The summed E-state index contributed by atoms with van der Waals surface area (Å²) in [5.74, 6) is 0. The summed E-state index contributed by atoms with van der Waals surface area (Å²) in [5.41, 5.74) is 4.74. The third-order valence-electron chi connectivity index (χ3n) is 2.08. The molecule has 1 unspecified atom stereocenters. The first-order valence-electron chi connectivity index (χ1n) is 5.20. The molecule has 0 rings (SSSR count). The Morgan fingerprint density at radius 2 is 1.69 bits per heavy atom. The normalized spacial score (nSPS) is 16.2. The van der Waals surface area contributed by atoms with Crippen LogP contribution in [-0.2, 0) is 0 Å². The molecule has 0 fully saturated rings. The summed E-state index contributed by atoms with van der Waals surface area (Å²) < 4.78 is 0. The molecule has 3 N–H and O–H groups in total. The third kappa shape index (κ3) is 6.02. The topological polar surface area (TPSA) is 49.5 Å². The van der Waals surface area contributed by atoms with Gasteiger partial charge in [-0.1, -0.05) is 13.8 Å². The Morgan fingerprint density at radius 1 is 1.23 bits per heavy atom. The molecule has 3 nitrogen and oxygen atoms in total. The van der Waals surface area contributed by atoms with E-state index in [-0.39, 0.29) is 0 Å². The maximum Gasteiger partial charge on any atom is 0.0867 e. The molecule has 1 atom stereocenters. The molecule has 0 radical (unpaired) electrons. The summed E-state index contributed by atoms with van der Waals surface area (Å²) in [6, 6.07) is 0. The molecule has 0 saturated heterocycles. The summed E-state index contributed by atoms with van der Waals surface area (Å²) in [6.07, 6.45) is 2.25. The number of hydrogen-bond donors (Lipinski definition) is 2. The number of hydrogen-bond acceptors (Lipinski definition) is 3. The van der Waals surface area contributed by atoms with Crippen molar-refractivity contribution in [2.75, 3.05) is 26.2 Å². The predicted molar refractivity (Wildman–Crippen MR) is 56.7 cm³/mol. The molecule has 0 bridgehead atoms. The zero-order valence-corrected chi connectivity index (χ0v) is 9.21. The zero-order valence-electron chi connectivity index (χ0n) is 9.21. The second kappa shape index (κ2) is 6.35. The molecular formula is C10H24N2O. The van der Waals surface area contributed by atoms with Crippen LogP contribution >= 0.6 is 0 Å². The molecule has 0 heterocycles. The Hall–Kier alpha value is -0.120. The minimum Gasteiger partial charge on any atom is -0.388 e. The van der Waals surface area contributed by atoms with Gasteiger partial charge in [-0.05, 0) is 32.9 Å². The first kappa shape index (κ1) is 12.9. The average Bonchev–Trinajstić information content (AvgIpc) is 2.05. The van der Waals surface area contributed by atoms with E-state index in [1.54, 1.807) is 6.92 Å². The maximum atomic E-state index is 9.78. The number of nitrogens with two attached hydrogens (primary N) is 1. The Balaban J connectivity index is 3.92. The van der Waals surface area contributed by atoms with Crippen molar-refractivity contribution in [3.8, 4) is 0 Å². The molecule has 0 aromatic heterocycles. The van der Waals surface area contributed by atoms with E-state index in [9.17, 15) is 5.11 Å². The van der Waals surface area contributed by atoms with Crippen molar-refractivity contribution in [1.82, 2.24) is 4.90 Å². The highest BCUT2D eigenvalue weighted by molar-refractivity contribution is 4.77. The van der Waals surface area contributed by atoms with Crippen LogP contribution in [-0.4, -0.2) is 41.8 Å². The first-order valence-corrected chi connectivity index (χ1v) is 5.20. The van der Waals surface area contributed by atoms with E-state index >= 15 is 0 Å². The van der Waals surface area contributed by atoms with Crippen LogP contribution in [0.3, 0.4) is 0 Å². The van der Waals surface area contributed by atoms with Gasteiger partial charge in [0.25, 0.3) is 0 Å². The van der Waals surface area contributed by atoms with Crippen molar-refractivity contribution < 1.29 is 5.11 Å². The maximum absolute atomic E-state index is 9.78. The van der Waals surface area contributed by atoms with Crippen molar-refractivity contribution in [2.24, 2.45) is 5.73 Å². The van der Waals surface area contributed by atoms with Gasteiger partial charge in [-0.3, -0.25) is 0 Å². The van der Waals surface area contributed by atoms with Gasteiger partial charge < -0.3 is 15.7 Å². The van der Waals surface area contributed by atoms with E-state index in [1.165, 1.54) is 0 Å². The Kier molecular flexibility index (Phi) is 6.29. The molecular weight excluding hydrogens is 164 g/mol. The molecule has 0 saturated carbocycles. The van der Waals surface area contributed by atoms with Gasteiger partial charge in [0.2, 0.25) is 0 Å². The van der Waals surface area contributed by atoms with Crippen LogP contribution in [0, 0.1) is 0 Å². The van der Waals surface area contributed by atoms with E-state index in [0.717, 1.165) is 25.9 Å². The van der Waals surface area contributed by atoms with Crippen molar-refractivity contribution in [1.29, 1.82) is 0 Å². The summed E-state index contributed by atoms with van der Waals surface area (Å²) >= 11 is 0. The van der Waals surface area contributed by atoms with Crippen LogP contribution in [0.2, 0.25) is 0 Å². The fourth-order valence-corrected chi connectivity index (χ4v) is 1.45. The van der Waals surface area contributed by atoms with E-state index in [0.29, 0.717) is 13.1 Å². The van der Waals surface area contributed by atoms with Gasteiger partial charge >= 0.3 is 0 Å². The van der Waals surface area contributed by atoms with Gasteiger partial charge in [-0.25, -0.2) is 0 Å². The standard InChI is InChI=1S/C10H24N2O/c1-4-6-12(7-5-2)9-10(3,13)8-11/h13H,4-9,11H2,1-3H3. The van der Waals surface area contributed by atoms with Gasteiger partial charge in [0.1, 0.15) is 0 Å². The highest BCUT2D eigenvalue weighted by Crippen LogP contribution is 2.05. The van der Waals surface area contributed by atoms with Crippen molar-refractivity contribution >= 4 is 0 Å². The average molecular weight is 188 g/mol. The van der Waals surface area contributed by atoms with Crippen LogP contribution in [0.4, 0.5) is 0 Å². The van der Waals surface area contributed by atoms with Crippen LogP contribution < -0.4 is 5.73 Å². The summed E-state index contributed by atoms with van der Waals surface area (Å²) in [6.45, 7) is 9.21. The SMILES string of the molecule is CCCN(CCC)CC(C)(O)CN. The van der Waals surface area contributed by atoms with Gasteiger partial charge in [0.15, 0.2) is 0 Å². The zero-order chi connectivity index (χ0) is 10.3. The predicted octanol–water partition coefficient (Wildman–Crippen LogP) is 0.818. The van der Waals surface area contributed by atoms with Gasteiger partial charge in [0.05, 0.1) is 5.60 Å². The van der Waals surface area contributed by atoms with E-state index in [4.69, 9.17) is 5.73 Å². The summed E-state index contributed by atoms with van der Waals surface area (Å²) in [4.78, 5) is 2.27. The van der Waals surface area contributed by atoms with E-state index in [1.807, 2.05) is 0 Å². The number of nitrogens with zero attached hydrogens (tertiary/aromatic N) is 1. The lowest BCUT2D eigenvalue weighted by molar-refractivity contribution is 0.0273. The molecule has 0 aromatic rings. The summed E-state index contributed by atoms with van der Waals surface area (Å²) in [5, 5.41) is 9.78.